The lowest BCUT2D eigenvalue weighted by molar-refractivity contribution is 0.392. The van der Waals surface area contributed by atoms with Gasteiger partial charge in [0.25, 0.3) is 0 Å². The number of aryl methyl sites for hydroxylation is 2. The first-order chi connectivity index (χ1) is 9.24. The summed E-state index contributed by atoms with van der Waals surface area (Å²) in [4.78, 5) is 4.66. The van der Waals surface area contributed by atoms with Gasteiger partial charge in [-0.1, -0.05) is 23.4 Å². The number of rotatable bonds is 3. The third-order valence-electron chi connectivity index (χ3n) is 3.38. The molecule has 1 aromatic carbocycles. The van der Waals surface area contributed by atoms with E-state index in [1.807, 2.05) is 31.7 Å². The number of aromatic nitrogens is 1. The molecule has 0 atom stereocenters. The molecule has 1 aliphatic rings. The third kappa shape index (κ3) is 2.59. The summed E-state index contributed by atoms with van der Waals surface area (Å²) in [6.07, 6.45) is 1.96. The van der Waals surface area contributed by atoms with Crippen LogP contribution in [0, 0.1) is 13.8 Å². The van der Waals surface area contributed by atoms with E-state index in [-0.39, 0.29) is 0 Å². The molecule has 98 valence electrons. The number of nitrogens with zero attached hydrogens (tertiary/aromatic N) is 2. The van der Waals surface area contributed by atoms with Gasteiger partial charge >= 0.3 is 0 Å². The molecule has 1 aromatic heterocycles. The Labute approximate surface area is 117 Å². The van der Waals surface area contributed by atoms with Gasteiger partial charge in [-0.15, -0.1) is 11.8 Å². The van der Waals surface area contributed by atoms with Crippen molar-refractivity contribution >= 4 is 22.5 Å². The molecule has 0 aliphatic carbocycles. The van der Waals surface area contributed by atoms with Crippen molar-refractivity contribution in [2.45, 2.75) is 26.7 Å². The fourth-order valence-corrected chi connectivity index (χ4v) is 3.28. The lowest BCUT2D eigenvalue weighted by Gasteiger charge is -2.00. The predicted molar refractivity (Wildman–Crippen MR) is 79.4 cm³/mol. The molecular weight excluding hydrogens is 256 g/mol. The van der Waals surface area contributed by atoms with Crippen LogP contribution in [-0.2, 0) is 12.8 Å². The second kappa shape index (κ2) is 5.21. The van der Waals surface area contributed by atoms with Crippen LogP contribution in [0.15, 0.2) is 33.8 Å². The van der Waals surface area contributed by atoms with Gasteiger partial charge < -0.3 is 4.52 Å². The van der Waals surface area contributed by atoms with E-state index in [2.05, 4.69) is 28.3 Å². The van der Waals surface area contributed by atoms with Gasteiger partial charge in [0.05, 0.1) is 16.4 Å². The van der Waals surface area contributed by atoms with Crippen LogP contribution < -0.4 is 0 Å². The Morgan fingerprint density at radius 2 is 2.11 bits per heavy atom. The normalized spacial score (nSPS) is 13.5. The SMILES string of the molecule is Cc1noc(C)c1CCSC1=Nc2ccccc2C1. The first kappa shape index (κ1) is 12.5. The van der Waals surface area contributed by atoms with E-state index in [0.29, 0.717) is 0 Å². The van der Waals surface area contributed by atoms with Gasteiger partial charge in [-0.05, 0) is 31.9 Å². The summed E-state index contributed by atoms with van der Waals surface area (Å²) in [7, 11) is 0. The zero-order valence-electron chi connectivity index (χ0n) is 11.1. The first-order valence-electron chi connectivity index (χ1n) is 6.44. The largest absolute Gasteiger partial charge is 0.361 e. The Hall–Kier alpha value is -1.55. The summed E-state index contributed by atoms with van der Waals surface area (Å²) in [5.41, 5.74) is 4.71. The minimum atomic E-state index is 0.940. The van der Waals surface area contributed by atoms with Gasteiger partial charge in [-0.25, -0.2) is 4.99 Å². The van der Waals surface area contributed by atoms with Gasteiger partial charge in [0.15, 0.2) is 0 Å². The summed E-state index contributed by atoms with van der Waals surface area (Å²) in [5.74, 6) is 1.96. The van der Waals surface area contributed by atoms with Crippen LogP contribution in [0.5, 0.6) is 0 Å². The van der Waals surface area contributed by atoms with Crippen molar-refractivity contribution in [2.24, 2.45) is 4.99 Å². The predicted octanol–water partition coefficient (Wildman–Crippen LogP) is 3.85. The molecule has 0 spiro atoms. The van der Waals surface area contributed by atoms with E-state index in [1.165, 1.54) is 16.2 Å². The highest BCUT2D eigenvalue weighted by Crippen LogP contribution is 2.30. The van der Waals surface area contributed by atoms with Crippen LogP contribution in [0.2, 0.25) is 0 Å². The third-order valence-corrected chi connectivity index (χ3v) is 4.36. The number of fused-ring (bicyclic) bond motifs is 1. The van der Waals surface area contributed by atoms with Gasteiger partial charge in [0.2, 0.25) is 0 Å². The highest BCUT2D eigenvalue weighted by molar-refractivity contribution is 8.14. The number of aliphatic imine (C=N–C) groups is 1. The molecular formula is C15H16N2OS. The summed E-state index contributed by atoms with van der Waals surface area (Å²) >= 11 is 1.84. The molecule has 2 aromatic rings. The quantitative estimate of drug-likeness (QED) is 0.851. The van der Waals surface area contributed by atoms with Crippen LogP contribution >= 0.6 is 11.8 Å². The van der Waals surface area contributed by atoms with Gasteiger partial charge in [0, 0.05) is 17.7 Å². The molecule has 0 radical (unpaired) electrons. The second-order valence-corrected chi connectivity index (χ2v) is 5.88. The van der Waals surface area contributed by atoms with Crippen molar-refractivity contribution in [1.29, 1.82) is 0 Å². The smallest absolute Gasteiger partial charge is 0.137 e. The Morgan fingerprint density at radius 3 is 2.84 bits per heavy atom. The maximum Gasteiger partial charge on any atom is 0.137 e. The van der Waals surface area contributed by atoms with Crippen molar-refractivity contribution in [1.82, 2.24) is 5.16 Å². The summed E-state index contributed by atoms with van der Waals surface area (Å²) in [5, 5.41) is 5.20. The molecule has 1 aliphatic heterocycles. The maximum absolute atomic E-state index is 5.18. The lowest BCUT2D eigenvalue weighted by Crippen LogP contribution is -1.97. The summed E-state index contributed by atoms with van der Waals surface area (Å²) in [6, 6.07) is 8.35. The van der Waals surface area contributed by atoms with Crippen molar-refractivity contribution in [3.05, 3.63) is 46.8 Å². The highest BCUT2D eigenvalue weighted by Gasteiger charge is 2.15. The zero-order valence-corrected chi connectivity index (χ0v) is 12.0. The monoisotopic (exact) mass is 272 g/mol. The van der Waals surface area contributed by atoms with E-state index < -0.39 is 0 Å². The second-order valence-electron chi connectivity index (χ2n) is 4.71. The average molecular weight is 272 g/mol. The van der Waals surface area contributed by atoms with Crippen LogP contribution in [0.25, 0.3) is 0 Å². The average Bonchev–Trinajstić information content (AvgIpc) is 2.95. The number of thioether (sulfide) groups is 1. The highest BCUT2D eigenvalue weighted by atomic mass is 32.2. The minimum Gasteiger partial charge on any atom is -0.361 e. The van der Waals surface area contributed by atoms with Crippen LogP contribution in [0.1, 0.15) is 22.6 Å². The van der Waals surface area contributed by atoms with Crippen LogP contribution in [0.3, 0.4) is 0 Å². The van der Waals surface area contributed by atoms with Crippen molar-refractivity contribution < 1.29 is 4.52 Å². The van der Waals surface area contributed by atoms with Crippen molar-refractivity contribution in [2.75, 3.05) is 5.75 Å². The van der Waals surface area contributed by atoms with Gasteiger partial charge in [0.1, 0.15) is 5.76 Å². The van der Waals surface area contributed by atoms with Crippen LogP contribution in [-0.4, -0.2) is 16.0 Å². The van der Waals surface area contributed by atoms with E-state index >= 15 is 0 Å². The number of hydrogen-bond acceptors (Lipinski definition) is 4. The Bertz CT molecular complexity index is 611. The molecule has 2 heterocycles. The topological polar surface area (TPSA) is 38.4 Å². The van der Waals surface area contributed by atoms with E-state index in [1.54, 1.807) is 0 Å². The number of benzene rings is 1. The summed E-state index contributed by atoms with van der Waals surface area (Å²) < 4.78 is 5.18. The molecule has 3 rings (SSSR count). The molecule has 0 amide bonds. The molecule has 0 fully saturated rings. The minimum absolute atomic E-state index is 0.940. The van der Waals surface area contributed by atoms with E-state index in [9.17, 15) is 0 Å². The van der Waals surface area contributed by atoms with Crippen molar-refractivity contribution in [3.8, 4) is 0 Å². The molecule has 0 saturated heterocycles. The molecule has 3 nitrogen and oxygen atoms in total. The Balaban J connectivity index is 1.58. The summed E-state index contributed by atoms with van der Waals surface area (Å²) in [6.45, 7) is 3.97. The van der Waals surface area contributed by atoms with E-state index in [4.69, 9.17) is 4.52 Å². The molecule has 0 unspecified atom stereocenters. The maximum atomic E-state index is 5.18. The Kier molecular flexibility index (Phi) is 3.42. The standard InChI is InChI=1S/C15H16N2OS/c1-10-13(11(2)18-17-10)7-8-19-15-9-12-5-3-4-6-14(12)16-15/h3-6H,7-9H2,1-2H3. The first-order valence-corrected chi connectivity index (χ1v) is 7.42. The number of para-hydroxylation sites is 1. The van der Waals surface area contributed by atoms with Crippen molar-refractivity contribution in [3.63, 3.8) is 0 Å². The fourth-order valence-electron chi connectivity index (χ4n) is 2.32. The van der Waals surface area contributed by atoms with Gasteiger partial charge in [-0.2, -0.15) is 0 Å². The van der Waals surface area contributed by atoms with E-state index in [0.717, 1.165) is 35.7 Å². The number of hydrogen-bond donors (Lipinski definition) is 0. The molecule has 0 bridgehead atoms. The van der Waals surface area contributed by atoms with Gasteiger partial charge in [-0.3, -0.25) is 0 Å². The zero-order chi connectivity index (χ0) is 13.2. The molecule has 19 heavy (non-hydrogen) atoms. The molecule has 4 heteroatoms. The lowest BCUT2D eigenvalue weighted by atomic mass is 10.1. The Morgan fingerprint density at radius 1 is 1.26 bits per heavy atom. The molecule has 0 saturated carbocycles. The fraction of sp³-hybridized carbons (Fsp3) is 0.333. The molecule has 0 N–H and O–H groups in total. The van der Waals surface area contributed by atoms with Crippen LogP contribution in [0.4, 0.5) is 5.69 Å².